The number of hydrogen-bond donors (Lipinski definition) is 2. The minimum Gasteiger partial charge on any atom is -0.507 e. The standard InChI is InChI=1S/C50H84N2.C16H22O2Si.Ni/c1-6-11-16-17-18-19-20-21-22-23-24-25-26-27-28-29-30-31-36-50(52-49-40-38-45(33-13-8-3)47(42-49)35-15-10-5)43-51-48-39-37-44(32-12-7-2)46(41-48)34-14-9-4;1-5-11-9-12(10-19(2,3)4)13-7-6-8-14(17)15(13)16(11)18;/h37-43H,6-36H2,1-5H3;6-9,17-18H,5,10H2,1-4H3;. The molecule has 0 spiro atoms. The Balaban J connectivity index is 0.000000737. The molecule has 0 heterocycles. The molecule has 4 aromatic rings. The summed E-state index contributed by atoms with van der Waals surface area (Å²) in [4.78, 5) is 10.3. The van der Waals surface area contributed by atoms with Crippen molar-refractivity contribution in [1.29, 1.82) is 0 Å². The Morgan fingerprint density at radius 3 is 1.35 bits per heavy atom. The van der Waals surface area contributed by atoms with Crippen LogP contribution in [0.1, 0.15) is 248 Å². The van der Waals surface area contributed by atoms with Crippen LogP contribution in [0.3, 0.4) is 0 Å². The Labute approximate surface area is 454 Å². The topological polar surface area (TPSA) is 65.2 Å². The Morgan fingerprint density at radius 1 is 0.458 bits per heavy atom. The van der Waals surface area contributed by atoms with Crippen molar-refractivity contribution in [1.82, 2.24) is 0 Å². The first-order chi connectivity index (χ1) is 34.5. The van der Waals surface area contributed by atoms with Gasteiger partial charge in [0.15, 0.2) is 0 Å². The van der Waals surface area contributed by atoms with Gasteiger partial charge in [-0.15, -0.1) is 0 Å². The Bertz CT molecular complexity index is 2100. The molecule has 4 rings (SSSR count). The summed E-state index contributed by atoms with van der Waals surface area (Å²) in [7, 11) is -1.25. The third-order valence-corrected chi connectivity index (χ3v) is 15.8. The van der Waals surface area contributed by atoms with Gasteiger partial charge in [-0.3, -0.25) is 9.98 Å². The summed E-state index contributed by atoms with van der Waals surface area (Å²) in [5.41, 5.74) is 11.5. The molecule has 0 bridgehead atoms. The Hall–Kier alpha value is -3.21. The molecule has 6 heteroatoms. The molecule has 0 radical (unpaired) electrons. The number of nitrogens with zero attached hydrogens (tertiary/aromatic N) is 2. The third kappa shape index (κ3) is 26.3. The van der Waals surface area contributed by atoms with Crippen LogP contribution in [-0.2, 0) is 54.6 Å². The van der Waals surface area contributed by atoms with E-state index >= 15 is 0 Å². The molecule has 0 aliphatic rings. The van der Waals surface area contributed by atoms with E-state index in [9.17, 15) is 10.2 Å². The SMILES string of the molecule is CCCCCCCCCCCCCCCCCCCCC(C=Nc1ccc(CCCC)c(CCCC)c1)=Nc1ccc(CCCC)c(CCCC)c1.CCc1cc(C[Si](C)(C)C)c2cccc(O)c2c1O.[Ni]. The first-order valence-electron chi connectivity index (χ1n) is 29.8. The molecule has 0 aliphatic carbocycles. The van der Waals surface area contributed by atoms with Crippen molar-refractivity contribution >= 4 is 42.1 Å². The summed E-state index contributed by atoms with van der Waals surface area (Å²) in [6, 6.07) is 22.6. The molecule has 0 saturated heterocycles. The molecule has 4 nitrogen and oxygen atoms in total. The minimum atomic E-state index is -1.25. The first-order valence-corrected chi connectivity index (χ1v) is 33.5. The van der Waals surface area contributed by atoms with Crippen molar-refractivity contribution in [3.05, 3.63) is 94.0 Å². The van der Waals surface area contributed by atoms with Gasteiger partial charge in [0.2, 0.25) is 0 Å². The summed E-state index contributed by atoms with van der Waals surface area (Å²) in [6.45, 7) is 20.5. The second kappa shape index (κ2) is 39.2. The van der Waals surface area contributed by atoms with Crippen LogP contribution < -0.4 is 0 Å². The summed E-state index contributed by atoms with van der Waals surface area (Å²) in [5.74, 6) is 0.400. The second-order valence-corrected chi connectivity index (χ2v) is 27.8. The van der Waals surface area contributed by atoms with Crippen molar-refractivity contribution in [3.63, 3.8) is 0 Å². The largest absolute Gasteiger partial charge is 0.507 e. The number of benzene rings is 4. The van der Waals surface area contributed by atoms with E-state index in [0.717, 1.165) is 59.8 Å². The van der Waals surface area contributed by atoms with E-state index in [1.54, 1.807) is 6.07 Å². The average molecular weight is 1050 g/mol. The predicted octanol–water partition coefficient (Wildman–Crippen LogP) is 21.2. The van der Waals surface area contributed by atoms with E-state index in [1.807, 2.05) is 19.1 Å². The zero-order valence-corrected chi connectivity index (χ0v) is 49.8. The number of fused-ring (bicyclic) bond motifs is 1. The smallest absolute Gasteiger partial charge is 0.130 e. The number of aliphatic imine (C=N–C) groups is 2. The molecule has 406 valence electrons. The van der Waals surface area contributed by atoms with Crippen LogP contribution in [0.5, 0.6) is 11.5 Å². The average Bonchev–Trinajstić information content (AvgIpc) is 3.36. The Kier molecular flexibility index (Phi) is 35.4. The molecular formula is C66H106N2NiO2Si. The van der Waals surface area contributed by atoms with E-state index in [1.165, 1.54) is 208 Å². The van der Waals surface area contributed by atoms with Gasteiger partial charge in [-0.2, -0.15) is 0 Å². The number of phenols is 2. The Morgan fingerprint density at radius 2 is 0.889 bits per heavy atom. The fraction of sp³-hybridized carbons (Fsp3) is 0.636. The van der Waals surface area contributed by atoms with Gasteiger partial charge in [0.1, 0.15) is 11.5 Å². The maximum atomic E-state index is 10.3. The molecule has 0 aromatic heterocycles. The van der Waals surface area contributed by atoms with Gasteiger partial charge in [-0.25, -0.2) is 0 Å². The second-order valence-electron chi connectivity index (χ2n) is 22.3. The third-order valence-electron chi connectivity index (χ3n) is 14.4. The maximum absolute atomic E-state index is 10.3. The quantitative estimate of drug-likeness (QED) is 0.0269. The van der Waals surface area contributed by atoms with E-state index in [0.29, 0.717) is 5.39 Å². The van der Waals surface area contributed by atoms with E-state index < -0.39 is 8.07 Å². The van der Waals surface area contributed by atoms with Crippen molar-refractivity contribution in [2.24, 2.45) is 9.98 Å². The van der Waals surface area contributed by atoms with E-state index in [4.69, 9.17) is 9.98 Å². The number of rotatable bonds is 37. The zero-order chi connectivity index (χ0) is 51.5. The summed E-state index contributed by atoms with van der Waals surface area (Å²) < 4.78 is 0. The van der Waals surface area contributed by atoms with Gasteiger partial charge in [-0.05, 0) is 146 Å². The van der Waals surface area contributed by atoms with Crippen molar-refractivity contribution in [2.45, 2.75) is 273 Å². The molecule has 0 saturated carbocycles. The number of unbranched alkanes of at least 4 members (excludes halogenated alkanes) is 21. The van der Waals surface area contributed by atoms with Gasteiger partial charge in [0.25, 0.3) is 0 Å². The van der Waals surface area contributed by atoms with E-state index in [2.05, 4.69) is 103 Å². The van der Waals surface area contributed by atoms with Crippen molar-refractivity contribution < 1.29 is 26.7 Å². The van der Waals surface area contributed by atoms with Crippen LogP contribution >= 0.6 is 0 Å². The molecule has 0 amide bonds. The maximum Gasteiger partial charge on any atom is 0.130 e. The molecule has 0 aliphatic heterocycles. The van der Waals surface area contributed by atoms with Crippen molar-refractivity contribution in [2.75, 3.05) is 0 Å². The van der Waals surface area contributed by atoms with Gasteiger partial charge in [0.05, 0.1) is 22.5 Å². The van der Waals surface area contributed by atoms with Crippen LogP contribution in [0.15, 0.2) is 70.6 Å². The van der Waals surface area contributed by atoms with Gasteiger partial charge >= 0.3 is 0 Å². The van der Waals surface area contributed by atoms with Crippen molar-refractivity contribution in [3.8, 4) is 11.5 Å². The molecule has 4 aromatic carbocycles. The predicted molar refractivity (Wildman–Crippen MR) is 320 cm³/mol. The zero-order valence-electron chi connectivity index (χ0n) is 47.8. The summed E-state index contributed by atoms with van der Waals surface area (Å²) >= 11 is 0. The molecule has 0 fully saturated rings. The number of aryl methyl sites for hydroxylation is 5. The fourth-order valence-electron chi connectivity index (χ4n) is 10.0. The molecule has 2 N–H and O–H groups in total. The van der Waals surface area contributed by atoms with E-state index in [-0.39, 0.29) is 28.0 Å². The van der Waals surface area contributed by atoms with Gasteiger partial charge in [-0.1, -0.05) is 226 Å². The molecule has 72 heavy (non-hydrogen) atoms. The van der Waals surface area contributed by atoms with Crippen LogP contribution in [0.2, 0.25) is 19.6 Å². The minimum absolute atomic E-state index is 0. The van der Waals surface area contributed by atoms with Crippen LogP contribution in [0.4, 0.5) is 11.4 Å². The number of hydrogen-bond acceptors (Lipinski definition) is 4. The normalized spacial score (nSPS) is 11.9. The van der Waals surface area contributed by atoms with Gasteiger partial charge < -0.3 is 10.2 Å². The first kappa shape index (κ1) is 64.9. The fourth-order valence-corrected chi connectivity index (χ4v) is 11.5. The summed E-state index contributed by atoms with van der Waals surface area (Å²) in [6.07, 6.45) is 43.8. The monoisotopic (exact) mass is 1040 g/mol. The van der Waals surface area contributed by atoms with Crippen LogP contribution in [0, 0.1) is 0 Å². The molecule has 0 unspecified atom stereocenters. The van der Waals surface area contributed by atoms with Crippen LogP contribution in [0.25, 0.3) is 10.8 Å². The number of aromatic hydroxyl groups is 2. The summed E-state index contributed by atoms with van der Waals surface area (Å²) in [5, 5.41) is 21.9. The number of phenolic OH excluding ortho intramolecular Hbond substituents is 2. The van der Waals surface area contributed by atoms with Gasteiger partial charge in [0, 0.05) is 30.8 Å². The molecule has 0 atom stereocenters. The molecular weight excluding hydrogens is 940 g/mol. The van der Waals surface area contributed by atoms with Crippen LogP contribution in [-0.4, -0.2) is 30.2 Å².